The molecule has 7 heteroatoms. The highest BCUT2D eigenvalue weighted by Gasteiger charge is 2.24. The molecule has 3 amide bonds. The van der Waals surface area contributed by atoms with Gasteiger partial charge in [0.15, 0.2) is 0 Å². The van der Waals surface area contributed by atoms with E-state index in [1.165, 1.54) is 0 Å². The van der Waals surface area contributed by atoms with Crippen LogP contribution in [0.25, 0.3) is 0 Å². The van der Waals surface area contributed by atoms with Gasteiger partial charge >= 0.3 is 0 Å². The quantitative estimate of drug-likeness (QED) is 0.649. The maximum atomic E-state index is 12.7. The van der Waals surface area contributed by atoms with Crippen molar-refractivity contribution in [3.05, 3.63) is 70.2 Å². The van der Waals surface area contributed by atoms with Gasteiger partial charge in [-0.15, -0.1) is 0 Å². The van der Waals surface area contributed by atoms with E-state index in [4.69, 9.17) is 11.6 Å². The zero-order valence-corrected chi connectivity index (χ0v) is 19.4. The van der Waals surface area contributed by atoms with Gasteiger partial charge in [-0.2, -0.15) is 0 Å². The minimum Gasteiger partial charge on any atom is -0.350 e. The van der Waals surface area contributed by atoms with Crippen molar-refractivity contribution in [3.8, 4) is 0 Å². The number of hydrogen-bond acceptors (Lipinski definition) is 3. The summed E-state index contributed by atoms with van der Waals surface area (Å²) in [5.41, 5.74) is 1.90. The van der Waals surface area contributed by atoms with Gasteiger partial charge in [-0.05, 0) is 61.7 Å². The molecule has 2 aromatic rings. The Morgan fingerprint density at radius 3 is 1.97 bits per heavy atom. The van der Waals surface area contributed by atoms with Crippen molar-refractivity contribution in [2.75, 3.05) is 7.05 Å². The van der Waals surface area contributed by atoms with E-state index in [9.17, 15) is 14.4 Å². The molecule has 0 saturated heterocycles. The Bertz CT molecular complexity index is 909. The number of halogens is 1. The molecule has 0 fully saturated rings. The molecule has 0 aliphatic rings. The van der Waals surface area contributed by atoms with Gasteiger partial charge in [0.05, 0.1) is 0 Å². The van der Waals surface area contributed by atoms with E-state index in [1.54, 1.807) is 48.3 Å². The summed E-state index contributed by atoms with van der Waals surface area (Å²) >= 11 is 5.86. The number of carbonyl (C=O) groups is 3. The van der Waals surface area contributed by atoms with Crippen LogP contribution in [-0.2, 0) is 11.3 Å². The van der Waals surface area contributed by atoms with Gasteiger partial charge in [0.1, 0.15) is 6.04 Å². The van der Waals surface area contributed by atoms with Crippen molar-refractivity contribution in [1.82, 2.24) is 15.5 Å². The molecule has 6 nitrogen and oxygen atoms in total. The van der Waals surface area contributed by atoms with Crippen molar-refractivity contribution in [2.24, 2.45) is 5.92 Å². The van der Waals surface area contributed by atoms with E-state index in [1.807, 2.05) is 39.8 Å². The summed E-state index contributed by atoms with van der Waals surface area (Å²) in [6.45, 7) is 7.96. The minimum absolute atomic E-state index is 0.0460. The van der Waals surface area contributed by atoms with Gasteiger partial charge in [0.25, 0.3) is 11.8 Å². The normalized spacial score (nSPS) is 11.9. The summed E-state index contributed by atoms with van der Waals surface area (Å²) in [5.74, 6) is -0.738. The molecule has 0 bridgehead atoms. The van der Waals surface area contributed by atoms with Crippen LogP contribution in [0.5, 0.6) is 0 Å². The van der Waals surface area contributed by atoms with Crippen molar-refractivity contribution in [1.29, 1.82) is 0 Å². The second-order valence-corrected chi connectivity index (χ2v) is 8.56. The largest absolute Gasteiger partial charge is 0.350 e. The summed E-state index contributed by atoms with van der Waals surface area (Å²) in [6.07, 6.45) is 0. The van der Waals surface area contributed by atoms with E-state index < -0.39 is 6.04 Å². The first-order valence-corrected chi connectivity index (χ1v) is 10.7. The fraction of sp³-hybridized carbons (Fsp3) is 0.375. The molecule has 0 spiro atoms. The van der Waals surface area contributed by atoms with E-state index in [0.717, 1.165) is 5.56 Å². The smallest absolute Gasteiger partial charge is 0.253 e. The molecule has 2 aromatic carbocycles. The molecule has 166 valence electrons. The molecule has 0 aromatic heterocycles. The first-order valence-electron chi connectivity index (χ1n) is 10.3. The maximum absolute atomic E-state index is 12.7. The second kappa shape index (κ2) is 11.0. The molecule has 0 aliphatic carbocycles. The molecule has 2 rings (SSSR count). The van der Waals surface area contributed by atoms with Crippen molar-refractivity contribution in [3.63, 3.8) is 0 Å². The van der Waals surface area contributed by atoms with Gasteiger partial charge in [-0.25, -0.2) is 0 Å². The monoisotopic (exact) mass is 443 g/mol. The average molecular weight is 444 g/mol. The summed E-state index contributed by atoms with van der Waals surface area (Å²) in [6, 6.07) is 13.1. The zero-order valence-electron chi connectivity index (χ0n) is 18.6. The fourth-order valence-electron chi connectivity index (χ4n) is 2.86. The van der Waals surface area contributed by atoms with E-state index >= 15 is 0 Å². The van der Waals surface area contributed by atoms with Crippen LogP contribution in [0, 0.1) is 5.92 Å². The number of amides is 3. The van der Waals surface area contributed by atoms with Gasteiger partial charge in [-0.3, -0.25) is 14.4 Å². The second-order valence-electron chi connectivity index (χ2n) is 8.13. The standard InChI is InChI=1S/C24H30ClN3O3/c1-15(2)21(27-22(29)18-10-12-20(25)13-11-18)23(30)26-14-17-6-8-19(9-7-17)24(31)28(5)16(3)4/h6-13,15-16,21H,14H2,1-5H3,(H,26,30)(H,27,29). The Morgan fingerprint density at radius 2 is 1.45 bits per heavy atom. The lowest BCUT2D eigenvalue weighted by molar-refractivity contribution is -0.124. The topological polar surface area (TPSA) is 78.5 Å². The first-order chi connectivity index (χ1) is 14.6. The van der Waals surface area contributed by atoms with E-state index in [-0.39, 0.29) is 29.7 Å². The summed E-state index contributed by atoms with van der Waals surface area (Å²) in [7, 11) is 1.77. The fourth-order valence-corrected chi connectivity index (χ4v) is 2.99. The third-order valence-corrected chi connectivity index (χ3v) is 5.36. The van der Waals surface area contributed by atoms with Gasteiger partial charge < -0.3 is 15.5 Å². The lowest BCUT2D eigenvalue weighted by atomic mass is 10.0. The summed E-state index contributed by atoms with van der Waals surface area (Å²) < 4.78 is 0. The van der Waals surface area contributed by atoms with Gasteiger partial charge in [0, 0.05) is 35.8 Å². The number of benzene rings is 2. The SMILES string of the molecule is CC(C)C(NC(=O)c1ccc(Cl)cc1)C(=O)NCc1ccc(C(=O)N(C)C(C)C)cc1. The van der Waals surface area contributed by atoms with Crippen LogP contribution in [0.4, 0.5) is 0 Å². The lowest BCUT2D eigenvalue weighted by Crippen LogP contribution is -2.49. The van der Waals surface area contributed by atoms with Crippen LogP contribution < -0.4 is 10.6 Å². The van der Waals surface area contributed by atoms with Crippen molar-refractivity contribution >= 4 is 29.3 Å². The van der Waals surface area contributed by atoms with Crippen LogP contribution >= 0.6 is 11.6 Å². The van der Waals surface area contributed by atoms with Crippen LogP contribution in [0.1, 0.15) is 54.0 Å². The van der Waals surface area contributed by atoms with Crippen LogP contribution in [-0.4, -0.2) is 41.8 Å². The van der Waals surface area contributed by atoms with Gasteiger partial charge in [-0.1, -0.05) is 37.6 Å². The molecule has 0 aliphatic heterocycles. The highest BCUT2D eigenvalue weighted by molar-refractivity contribution is 6.30. The highest BCUT2D eigenvalue weighted by Crippen LogP contribution is 2.12. The Morgan fingerprint density at radius 1 is 0.903 bits per heavy atom. The number of hydrogen-bond donors (Lipinski definition) is 2. The molecule has 0 saturated carbocycles. The molecule has 2 N–H and O–H groups in total. The maximum Gasteiger partial charge on any atom is 0.253 e. The number of rotatable bonds is 8. The minimum atomic E-state index is -0.677. The molecule has 0 radical (unpaired) electrons. The molecule has 1 unspecified atom stereocenters. The van der Waals surface area contributed by atoms with Gasteiger partial charge in [0.2, 0.25) is 5.91 Å². The molecule has 0 heterocycles. The zero-order chi connectivity index (χ0) is 23.1. The lowest BCUT2D eigenvalue weighted by Gasteiger charge is -2.22. The number of carbonyl (C=O) groups excluding carboxylic acids is 3. The van der Waals surface area contributed by atoms with Crippen molar-refractivity contribution < 1.29 is 14.4 Å². The third kappa shape index (κ3) is 6.82. The first kappa shape index (κ1) is 24.4. The molecular weight excluding hydrogens is 414 g/mol. The number of nitrogens with one attached hydrogen (secondary N) is 2. The van der Waals surface area contributed by atoms with Crippen LogP contribution in [0.2, 0.25) is 5.02 Å². The summed E-state index contributed by atoms with van der Waals surface area (Å²) in [4.78, 5) is 39.2. The average Bonchev–Trinajstić information content (AvgIpc) is 2.75. The van der Waals surface area contributed by atoms with Crippen LogP contribution in [0.3, 0.4) is 0 Å². The van der Waals surface area contributed by atoms with E-state index in [0.29, 0.717) is 22.7 Å². The summed E-state index contributed by atoms with van der Waals surface area (Å²) in [5, 5.41) is 6.20. The van der Waals surface area contributed by atoms with E-state index in [2.05, 4.69) is 10.6 Å². The predicted octanol–water partition coefficient (Wildman–Crippen LogP) is 3.89. The Hall–Kier alpha value is -2.86. The Labute approximate surface area is 189 Å². The Kier molecular flexibility index (Phi) is 8.63. The van der Waals surface area contributed by atoms with Crippen molar-refractivity contribution in [2.45, 2.75) is 46.3 Å². The Balaban J connectivity index is 1.97. The third-order valence-electron chi connectivity index (χ3n) is 5.10. The predicted molar refractivity (Wildman–Crippen MR) is 123 cm³/mol. The number of nitrogens with zero attached hydrogens (tertiary/aromatic N) is 1. The highest BCUT2D eigenvalue weighted by atomic mass is 35.5. The molecule has 31 heavy (non-hydrogen) atoms. The van der Waals surface area contributed by atoms with Crippen LogP contribution in [0.15, 0.2) is 48.5 Å². The molecule has 1 atom stereocenters. The molecular formula is C24H30ClN3O3.